The molecule has 0 fully saturated rings. The molecule has 0 aliphatic carbocycles. The fraction of sp³-hybridized carbons (Fsp3) is 0. The summed E-state index contributed by atoms with van der Waals surface area (Å²) in [5.41, 5.74) is 9.83. The zero-order valence-electron chi connectivity index (χ0n) is 29.4. The van der Waals surface area contributed by atoms with Crippen LogP contribution in [0.2, 0.25) is 0 Å². The van der Waals surface area contributed by atoms with E-state index in [1.807, 2.05) is 12.1 Å². The molecule has 0 amide bonds. The molecule has 0 atom stereocenters. The number of hydrogen-bond acceptors (Lipinski definition) is 2. The monoisotopic (exact) mass is 687 g/mol. The van der Waals surface area contributed by atoms with E-state index in [1.165, 1.54) is 54.2 Å². The van der Waals surface area contributed by atoms with Crippen LogP contribution in [0.3, 0.4) is 0 Å². The van der Waals surface area contributed by atoms with Crippen molar-refractivity contribution in [2.45, 2.75) is 0 Å². The van der Waals surface area contributed by atoms with E-state index in [4.69, 9.17) is 4.42 Å². The molecule has 0 aliphatic rings. The molecular formula is C52H33NO. The quantitative estimate of drug-likeness (QED) is 0.168. The van der Waals surface area contributed by atoms with Gasteiger partial charge >= 0.3 is 0 Å². The van der Waals surface area contributed by atoms with Gasteiger partial charge in [-0.1, -0.05) is 140 Å². The predicted octanol–water partition coefficient (Wildman–Crippen LogP) is 15.0. The molecule has 0 saturated carbocycles. The van der Waals surface area contributed by atoms with Crippen LogP contribution in [0.1, 0.15) is 0 Å². The minimum atomic E-state index is 0.905. The van der Waals surface area contributed by atoms with E-state index in [0.29, 0.717) is 0 Å². The van der Waals surface area contributed by atoms with Crippen molar-refractivity contribution in [2.75, 3.05) is 4.90 Å². The van der Waals surface area contributed by atoms with Gasteiger partial charge in [0.25, 0.3) is 0 Å². The van der Waals surface area contributed by atoms with E-state index < -0.39 is 0 Å². The first kappa shape index (κ1) is 30.5. The number of fused-ring (bicyclic) bond motifs is 9. The molecule has 0 unspecified atom stereocenters. The third-order valence-electron chi connectivity index (χ3n) is 11.0. The molecule has 11 aromatic rings. The molecule has 0 spiro atoms. The lowest BCUT2D eigenvalue weighted by molar-refractivity contribution is 0.669. The third kappa shape index (κ3) is 4.96. The van der Waals surface area contributed by atoms with Crippen molar-refractivity contribution in [2.24, 2.45) is 0 Å². The zero-order chi connectivity index (χ0) is 35.6. The standard InChI is InChI=1S/C52H33NO/c1-3-11-43-35(9-1)17-18-36-23-29-42(33-50(36)43)53(40-25-19-34(20-26-40)38-24-30-48-47-15-7-8-16-51(47)54-52(48)32-38)41-27-21-37(22-28-41)49-31-39-10-2-4-12-44(39)45-13-5-6-14-46(45)49/h1-33H. The molecular weight excluding hydrogens is 655 g/mol. The lowest BCUT2D eigenvalue weighted by Crippen LogP contribution is -2.10. The molecule has 54 heavy (non-hydrogen) atoms. The lowest BCUT2D eigenvalue weighted by atomic mass is 9.93. The van der Waals surface area contributed by atoms with Gasteiger partial charge in [-0.15, -0.1) is 0 Å². The molecule has 2 heteroatoms. The Balaban J connectivity index is 1.04. The zero-order valence-corrected chi connectivity index (χ0v) is 29.4. The average Bonchev–Trinajstić information content (AvgIpc) is 3.62. The van der Waals surface area contributed by atoms with E-state index in [9.17, 15) is 0 Å². The van der Waals surface area contributed by atoms with Crippen LogP contribution in [0.5, 0.6) is 0 Å². The molecule has 11 rings (SSSR count). The van der Waals surface area contributed by atoms with E-state index in [-0.39, 0.29) is 0 Å². The fourth-order valence-electron chi connectivity index (χ4n) is 8.37. The second kappa shape index (κ2) is 12.2. The van der Waals surface area contributed by atoms with Crippen molar-refractivity contribution in [1.82, 2.24) is 0 Å². The maximum absolute atomic E-state index is 6.24. The maximum Gasteiger partial charge on any atom is 0.136 e. The molecule has 252 valence electrons. The summed E-state index contributed by atoms with van der Waals surface area (Å²) in [6, 6.07) is 72.4. The largest absolute Gasteiger partial charge is 0.456 e. The summed E-state index contributed by atoms with van der Waals surface area (Å²) in [5, 5.41) is 12.3. The summed E-state index contributed by atoms with van der Waals surface area (Å²) in [4.78, 5) is 2.37. The first-order valence-corrected chi connectivity index (χ1v) is 18.5. The van der Waals surface area contributed by atoms with Gasteiger partial charge in [0.15, 0.2) is 0 Å². The average molecular weight is 688 g/mol. The SMILES string of the molecule is c1ccc2c(c1)ccc1ccc(N(c3ccc(-c4ccc5c(c4)oc4ccccc45)cc3)c3ccc(-c4cc5ccccc5c5ccccc45)cc3)cc12. The maximum atomic E-state index is 6.24. The van der Waals surface area contributed by atoms with Gasteiger partial charge in [0.2, 0.25) is 0 Å². The van der Waals surface area contributed by atoms with Crippen molar-refractivity contribution < 1.29 is 4.42 Å². The van der Waals surface area contributed by atoms with Gasteiger partial charge in [0.1, 0.15) is 11.2 Å². The number of hydrogen-bond donors (Lipinski definition) is 0. The van der Waals surface area contributed by atoms with Gasteiger partial charge in [-0.2, -0.15) is 0 Å². The Labute approximate surface area is 312 Å². The summed E-state index contributed by atoms with van der Waals surface area (Å²) in [5.74, 6) is 0. The van der Waals surface area contributed by atoms with Gasteiger partial charge in [0.05, 0.1) is 0 Å². The molecule has 2 nitrogen and oxygen atoms in total. The number of para-hydroxylation sites is 1. The van der Waals surface area contributed by atoms with Gasteiger partial charge < -0.3 is 9.32 Å². The molecule has 1 aromatic heterocycles. The fourth-order valence-corrected chi connectivity index (χ4v) is 8.37. The highest BCUT2D eigenvalue weighted by Gasteiger charge is 2.16. The highest BCUT2D eigenvalue weighted by molar-refractivity contribution is 6.14. The second-order valence-electron chi connectivity index (χ2n) is 14.1. The number of furan rings is 1. The number of nitrogens with zero attached hydrogens (tertiary/aromatic N) is 1. The Hall–Kier alpha value is -7.16. The number of anilines is 3. The summed E-state index contributed by atoms with van der Waals surface area (Å²) >= 11 is 0. The molecule has 0 saturated heterocycles. The molecule has 0 radical (unpaired) electrons. The van der Waals surface area contributed by atoms with E-state index in [0.717, 1.165) is 50.1 Å². The van der Waals surface area contributed by atoms with Gasteiger partial charge in [-0.25, -0.2) is 0 Å². The molecule has 0 bridgehead atoms. The highest BCUT2D eigenvalue weighted by atomic mass is 16.3. The normalized spacial score (nSPS) is 11.7. The predicted molar refractivity (Wildman–Crippen MR) is 229 cm³/mol. The van der Waals surface area contributed by atoms with Crippen LogP contribution in [-0.4, -0.2) is 0 Å². The van der Waals surface area contributed by atoms with Crippen molar-refractivity contribution in [3.8, 4) is 22.3 Å². The van der Waals surface area contributed by atoms with Crippen LogP contribution in [0.15, 0.2) is 205 Å². The summed E-state index contributed by atoms with van der Waals surface area (Å²) in [6.45, 7) is 0. The molecule has 0 N–H and O–H groups in total. The van der Waals surface area contributed by atoms with Crippen molar-refractivity contribution in [1.29, 1.82) is 0 Å². The Morgan fingerprint density at radius 3 is 1.56 bits per heavy atom. The lowest BCUT2D eigenvalue weighted by Gasteiger charge is -2.26. The highest BCUT2D eigenvalue weighted by Crippen LogP contribution is 2.41. The van der Waals surface area contributed by atoms with Crippen molar-refractivity contribution >= 4 is 82.1 Å². The first-order chi connectivity index (χ1) is 26.7. The number of rotatable bonds is 5. The van der Waals surface area contributed by atoms with Crippen LogP contribution in [0, 0.1) is 0 Å². The van der Waals surface area contributed by atoms with Crippen molar-refractivity contribution in [3.63, 3.8) is 0 Å². The molecule has 1 heterocycles. The van der Waals surface area contributed by atoms with Crippen LogP contribution in [0.4, 0.5) is 17.1 Å². The molecule has 10 aromatic carbocycles. The second-order valence-corrected chi connectivity index (χ2v) is 14.1. The smallest absolute Gasteiger partial charge is 0.136 e. The van der Waals surface area contributed by atoms with Gasteiger partial charge in [0, 0.05) is 27.8 Å². The van der Waals surface area contributed by atoms with E-state index in [1.54, 1.807) is 0 Å². The summed E-state index contributed by atoms with van der Waals surface area (Å²) in [6.07, 6.45) is 0. The summed E-state index contributed by atoms with van der Waals surface area (Å²) < 4.78 is 6.24. The van der Waals surface area contributed by atoms with Gasteiger partial charge in [-0.3, -0.25) is 0 Å². The Morgan fingerprint density at radius 2 is 0.796 bits per heavy atom. The van der Waals surface area contributed by atoms with Crippen LogP contribution in [0.25, 0.3) is 87.3 Å². The Bertz CT molecular complexity index is 3210. The number of benzene rings is 10. The minimum absolute atomic E-state index is 0.905. The van der Waals surface area contributed by atoms with Crippen LogP contribution in [-0.2, 0) is 0 Å². The molecule has 0 aliphatic heterocycles. The first-order valence-electron chi connectivity index (χ1n) is 18.5. The topological polar surface area (TPSA) is 16.4 Å². The van der Waals surface area contributed by atoms with Crippen LogP contribution >= 0.6 is 0 Å². The van der Waals surface area contributed by atoms with E-state index in [2.05, 4.69) is 193 Å². The van der Waals surface area contributed by atoms with E-state index >= 15 is 0 Å². The van der Waals surface area contributed by atoms with Crippen LogP contribution < -0.4 is 4.90 Å². The van der Waals surface area contributed by atoms with Crippen molar-refractivity contribution in [3.05, 3.63) is 200 Å². The Kier molecular flexibility index (Phi) is 6.90. The minimum Gasteiger partial charge on any atom is -0.456 e. The summed E-state index contributed by atoms with van der Waals surface area (Å²) in [7, 11) is 0. The third-order valence-corrected chi connectivity index (χ3v) is 11.0. The van der Waals surface area contributed by atoms with Gasteiger partial charge in [-0.05, 0) is 126 Å². The Morgan fingerprint density at radius 1 is 0.278 bits per heavy atom.